The average Bonchev–Trinajstić information content (AvgIpc) is 3.38. The van der Waals surface area contributed by atoms with Crippen LogP contribution in [0.15, 0.2) is 52.1 Å². The van der Waals surface area contributed by atoms with Crippen LogP contribution in [0.3, 0.4) is 0 Å². The number of nitrogens with one attached hydrogen (secondary N) is 2. The maximum absolute atomic E-state index is 5.50. The van der Waals surface area contributed by atoms with Crippen molar-refractivity contribution in [2.75, 3.05) is 20.2 Å². The third-order valence-corrected chi connectivity index (χ3v) is 4.00. The number of guanidine groups is 1. The number of ether oxygens (including phenoxy) is 1. The summed E-state index contributed by atoms with van der Waals surface area (Å²) in [5.41, 5.74) is 1.18. The molecule has 0 spiro atoms. The van der Waals surface area contributed by atoms with Crippen molar-refractivity contribution >= 4 is 5.96 Å². The van der Waals surface area contributed by atoms with Crippen LogP contribution in [0.1, 0.15) is 25.2 Å². The van der Waals surface area contributed by atoms with E-state index in [9.17, 15) is 0 Å². The molecular weight excluding hydrogens is 356 g/mol. The van der Waals surface area contributed by atoms with Crippen molar-refractivity contribution in [3.63, 3.8) is 0 Å². The summed E-state index contributed by atoms with van der Waals surface area (Å²) >= 11 is 0. The van der Waals surface area contributed by atoms with Crippen molar-refractivity contribution in [2.24, 2.45) is 4.99 Å². The van der Waals surface area contributed by atoms with Gasteiger partial charge in [-0.25, -0.2) is 9.98 Å². The Morgan fingerprint density at radius 2 is 2.07 bits per heavy atom. The highest BCUT2D eigenvalue weighted by molar-refractivity contribution is 5.79. The molecule has 0 aliphatic heterocycles. The molecule has 3 rings (SSSR count). The molecule has 0 amide bonds. The second kappa shape index (κ2) is 9.59. The van der Waals surface area contributed by atoms with Gasteiger partial charge in [-0.05, 0) is 43.7 Å². The number of nitrogens with zero attached hydrogens (tertiary/aromatic N) is 4. The highest BCUT2D eigenvalue weighted by atomic mass is 16.5. The summed E-state index contributed by atoms with van der Waals surface area (Å²) in [6.45, 7) is 6.59. The zero-order chi connectivity index (χ0) is 19.8. The van der Waals surface area contributed by atoms with Crippen molar-refractivity contribution < 1.29 is 9.15 Å². The minimum Gasteiger partial charge on any atom is -0.494 e. The topological polar surface area (TPSA) is 91.6 Å². The minimum atomic E-state index is 0.393. The van der Waals surface area contributed by atoms with E-state index in [1.165, 1.54) is 5.56 Å². The fourth-order valence-electron chi connectivity index (χ4n) is 2.71. The molecule has 0 saturated carbocycles. The Labute approximate surface area is 164 Å². The van der Waals surface area contributed by atoms with E-state index in [4.69, 9.17) is 9.15 Å². The second-order valence-corrected chi connectivity index (χ2v) is 6.19. The SMILES string of the molecule is CCNC(=NCc1nc(-c2ccco2)n[nH]1)N(C)Cc1ccc(OCC)cc1. The summed E-state index contributed by atoms with van der Waals surface area (Å²) in [6.07, 6.45) is 1.60. The van der Waals surface area contributed by atoms with Gasteiger partial charge in [-0.3, -0.25) is 5.10 Å². The van der Waals surface area contributed by atoms with E-state index in [1.807, 2.05) is 45.2 Å². The van der Waals surface area contributed by atoms with Gasteiger partial charge in [-0.1, -0.05) is 12.1 Å². The number of benzene rings is 1. The Morgan fingerprint density at radius 3 is 2.75 bits per heavy atom. The quantitative estimate of drug-likeness (QED) is 0.460. The fourth-order valence-corrected chi connectivity index (χ4v) is 2.71. The molecule has 0 fully saturated rings. The van der Waals surface area contributed by atoms with Crippen LogP contribution in [0.5, 0.6) is 5.75 Å². The Bertz CT molecular complexity index is 871. The number of aliphatic imine (C=N–C) groups is 1. The van der Waals surface area contributed by atoms with Crippen molar-refractivity contribution in [1.82, 2.24) is 25.4 Å². The lowest BCUT2D eigenvalue weighted by molar-refractivity contribution is 0.340. The van der Waals surface area contributed by atoms with Crippen LogP contribution in [0.4, 0.5) is 0 Å². The lowest BCUT2D eigenvalue weighted by Crippen LogP contribution is -2.38. The molecule has 0 unspecified atom stereocenters. The molecule has 0 aliphatic rings. The maximum atomic E-state index is 5.50. The van der Waals surface area contributed by atoms with E-state index >= 15 is 0 Å². The van der Waals surface area contributed by atoms with Crippen molar-refractivity contribution in [3.8, 4) is 17.3 Å². The summed E-state index contributed by atoms with van der Waals surface area (Å²) in [6, 6.07) is 11.7. The Balaban J connectivity index is 1.64. The van der Waals surface area contributed by atoms with Crippen LogP contribution in [0.2, 0.25) is 0 Å². The highest BCUT2D eigenvalue weighted by Gasteiger charge is 2.10. The fraction of sp³-hybridized carbons (Fsp3) is 0.350. The van der Waals surface area contributed by atoms with Gasteiger partial charge in [-0.15, -0.1) is 5.10 Å². The van der Waals surface area contributed by atoms with Gasteiger partial charge in [-0.2, -0.15) is 0 Å². The van der Waals surface area contributed by atoms with Crippen LogP contribution < -0.4 is 10.1 Å². The molecule has 0 radical (unpaired) electrons. The van der Waals surface area contributed by atoms with Gasteiger partial charge >= 0.3 is 0 Å². The van der Waals surface area contributed by atoms with E-state index in [2.05, 4.69) is 42.5 Å². The van der Waals surface area contributed by atoms with E-state index in [0.717, 1.165) is 24.8 Å². The summed E-state index contributed by atoms with van der Waals surface area (Å²) < 4.78 is 10.8. The third kappa shape index (κ3) is 5.12. The Kier molecular flexibility index (Phi) is 6.67. The van der Waals surface area contributed by atoms with Crippen LogP contribution in [-0.4, -0.2) is 46.2 Å². The van der Waals surface area contributed by atoms with Crippen LogP contribution in [0, 0.1) is 0 Å². The van der Waals surface area contributed by atoms with Gasteiger partial charge in [0.15, 0.2) is 11.7 Å². The third-order valence-electron chi connectivity index (χ3n) is 4.00. The first-order chi connectivity index (χ1) is 13.7. The molecule has 28 heavy (non-hydrogen) atoms. The second-order valence-electron chi connectivity index (χ2n) is 6.19. The molecule has 2 aromatic heterocycles. The van der Waals surface area contributed by atoms with E-state index in [1.54, 1.807) is 6.26 Å². The van der Waals surface area contributed by atoms with Crippen molar-refractivity contribution in [1.29, 1.82) is 0 Å². The van der Waals surface area contributed by atoms with Gasteiger partial charge in [0.05, 0.1) is 12.9 Å². The number of furan rings is 1. The molecule has 0 bridgehead atoms. The predicted octanol–water partition coefficient (Wildman–Crippen LogP) is 3.06. The first kappa shape index (κ1) is 19.5. The smallest absolute Gasteiger partial charge is 0.216 e. The van der Waals surface area contributed by atoms with Crippen LogP contribution in [-0.2, 0) is 13.1 Å². The lowest BCUT2D eigenvalue weighted by Gasteiger charge is -2.22. The van der Waals surface area contributed by atoms with Gasteiger partial charge < -0.3 is 19.4 Å². The number of H-pyrrole nitrogens is 1. The van der Waals surface area contributed by atoms with Gasteiger partial charge in [0.1, 0.15) is 18.1 Å². The summed E-state index contributed by atoms with van der Waals surface area (Å²) in [5, 5.41) is 10.4. The molecule has 0 atom stereocenters. The largest absolute Gasteiger partial charge is 0.494 e. The maximum Gasteiger partial charge on any atom is 0.216 e. The van der Waals surface area contributed by atoms with Gasteiger partial charge in [0, 0.05) is 20.1 Å². The zero-order valence-electron chi connectivity index (χ0n) is 16.5. The Morgan fingerprint density at radius 1 is 1.25 bits per heavy atom. The number of hydrogen-bond acceptors (Lipinski definition) is 5. The van der Waals surface area contributed by atoms with Crippen LogP contribution >= 0.6 is 0 Å². The Hall–Kier alpha value is -3.29. The predicted molar refractivity (Wildman–Crippen MR) is 108 cm³/mol. The lowest BCUT2D eigenvalue weighted by atomic mass is 10.2. The molecular formula is C20H26N6O2. The van der Waals surface area contributed by atoms with Crippen LogP contribution in [0.25, 0.3) is 11.6 Å². The number of hydrogen-bond donors (Lipinski definition) is 2. The van der Waals surface area contributed by atoms with Crippen molar-refractivity contribution in [3.05, 3.63) is 54.0 Å². The summed E-state index contributed by atoms with van der Waals surface area (Å²) in [5.74, 6) is 3.52. The molecule has 148 valence electrons. The summed E-state index contributed by atoms with van der Waals surface area (Å²) in [7, 11) is 2.01. The molecule has 0 aliphatic carbocycles. The normalized spacial score (nSPS) is 11.5. The zero-order valence-corrected chi connectivity index (χ0v) is 16.5. The van der Waals surface area contributed by atoms with E-state index in [-0.39, 0.29) is 0 Å². The first-order valence-corrected chi connectivity index (χ1v) is 9.36. The highest BCUT2D eigenvalue weighted by Crippen LogP contribution is 2.15. The standard InChI is InChI=1S/C20H26N6O2/c1-4-21-20(26(3)14-15-8-10-16(11-9-15)27-5-2)22-13-18-23-19(25-24-18)17-7-6-12-28-17/h6-12H,4-5,13-14H2,1-3H3,(H,21,22)(H,23,24,25). The molecule has 3 aromatic rings. The van der Waals surface area contributed by atoms with Crippen molar-refractivity contribution in [2.45, 2.75) is 26.9 Å². The first-order valence-electron chi connectivity index (χ1n) is 9.36. The molecule has 2 heterocycles. The number of aromatic nitrogens is 3. The summed E-state index contributed by atoms with van der Waals surface area (Å²) in [4.78, 5) is 11.2. The molecule has 2 N–H and O–H groups in total. The molecule has 0 saturated heterocycles. The monoisotopic (exact) mass is 382 g/mol. The number of rotatable bonds is 8. The average molecular weight is 382 g/mol. The number of aromatic amines is 1. The molecule has 1 aromatic carbocycles. The van der Waals surface area contributed by atoms with Gasteiger partial charge in [0.2, 0.25) is 5.82 Å². The van der Waals surface area contributed by atoms with E-state index < -0.39 is 0 Å². The molecule has 8 nitrogen and oxygen atoms in total. The minimum absolute atomic E-state index is 0.393. The molecule has 8 heteroatoms. The van der Waals surface area contributed by atoms with Gasteiger partial charge in [0.25, 0.3) is 0 Å². The van der Waals surface area contributed by atoms with E-state index in [0.29, 0.717) is 30.6 Å².